The molecule has 0 amide bonds. The summed E-state index contributed by atoms with van der Waals surface area (Å²) < 4.78 is 1.63. The van der Waals surface area contributed by atoms with E-state index < -0.39 is 5.24 Å². The first kappa shape index (κ1) is 11.2. The second kappa shape index (κ2) is 3.73. The Morgan fingerprint density at radius 3 is 2.43 bits per heavy atom. The molecule has 0 fully saturated rings. The Hall–Kier alpha value is -0.830. The normalized spacial score (nSPS) is 11.8. The van der Waals surface area contributed by atoms with Crippen LogP contribution in [0.5, 0.6) is 0 Å². The molecule has 0 aliphatic heterocycles. The van der Waals surface area contributed by atoms with Gasteiger partial charge in [0.25, 0.3) is 5.24 Å². The molecule has 0 radical (unpaired) electrons. The Morgan fingerprint density at radius 1 is 1.57 bits per heavy atom. The molecule has 0 unspecified atom stereocenters. The highest BCUT2D eigenvalue weighted by Crippen LogP contribution is 2.22. The average Bonchev–Trinajstić information content (AvgIpc) is 2.45. The quantitative estimate of drug-likeness (QED) is 0.710. The monoisotopic (exact) mass is 214 g/mol. The fraction of sp³-hybridized carbons (Fsp3) is 0.600. The molecule has 0 bridgehead atoms. The van der Waals surface area contributed by atoms with Gasteiger partial charge >= 0.3 is 0 Å². The van der Waals surface area contributed by atoms with E-state index in [1.807, 2.05) is 6.92 Å². The van der Waals surface area contributed by atoms with Gasteiger partial charge in [0.2, 0.25) is 0 Å². The van der Waals surface area contributed by atoms with E-state index in [4.69, 9.17) is 11.6 Å². The number of aromatic nitrogens is 2. The number of halogens is 1. The number of hydrogen-bond acceptors (Lipinski definition) is 2. The second-order valence-corrected chi connectivity index (χ2v) is 4.60. The molecule has 78 valence electrons. The third-order valence-electron chi connectivity index (χ3n) is 2.05. The highest BCUT2D eigenvalue weighted by Gasteiger charge is 2.21. The van der Waals surface area contributed by atoms with Gasteiger partial charge in [-0.1, -0.05) is 20.8 Å². The maximum atomic E-state index is 11.1. The van der Waals surface area contributed by atoms with E-state index in [2.05, 4.69) is 25.9 Å². The Balaban J connectivity index is 3.20. The Labute approximate surface area is 89.1 Å². The number of hydrogen-bond donors (Lipinski definition) is 0. The summed E-state index contributed by atoms with van der Waals surface area (Å²) in [5, 5.41) is 3.88. The lowest BCUT2D eigenvalue weighted by Crippen LogP contribution is -2.12. The van der Waals surface area contributed by atoms with Gasteiger partial charge in [-0.3, -0.25) is 9.48 Å². The lowest BCUT2D eigenvalue weighted by Gasteiger charge is -2.13. The summed E-state index contributed by atoms with van der Waals surface area (Å²) in [5.41, 5.74) is 1.31. The van der Waals surface area contributed by atoms with Crippen LogP contribution in [0.2, 0.25) is 0 Å². The molecule has 0 aliphatic rings. The largest absolute Gasteiger partial charge is 0.274 e. The molecule has 0 saturated heterocycles. The van der Waals surface area contributed by atoms with Gasteiger partial charge in [-0.05, 0) is 24.6 Å². The number of carbonyl (C=O) groups is 1. The molecule has 0 aromatic carbocycles. The van der Waals surface area contributed by atoms with Crippen LogP contribution in [0.1, 0.15) is 43.9 Å². The third-order valence-corrected chi connectivity index (χ3v) is 2.24. The fourth-order valence-electron chi connectivity index (χ4n) is 1.18. The molecule has 0 spiro atoms. The van der Waals surface area contributed by atoms with Crippen molar-refractivity contribution in [3.8, 4) is 0 Å². The van der Waals surface area contributed by atoms with Crippen LogP contribution in [0.25, 0.3) is 0 Å². The van der Waals surface area contributed by atoms with E-state index in [0.717, 1.165) is 5.69 Å². The van der Waals surface area contributed by atoms with Gasteiger partial charge in [-0.2, -0.15) is 5.10 Å². The SMILES string of the molecule is CCn1nc(C(C)(C)C)cc1C(=O)Cl. The maximum Gasteiger partial charge on any atom is 0.270 e. The van der Waals surface area contributed by atoms with Gasteiger partial charge in [0.1, 0.15) is 5.69 Å². The minimum atomic E-state index is -0.449. The number of aryl methyl sites for hydroxylation is 1. The van der Waals surface area contributed by atoms with Crippen LogP contribution < -0.4 is 0 Å². The molecule has 0 aliphatic carbocycles. The fourth-order valence-corrected chi connectivity index (χ4v) is 1.33. The van der Waals surface area contributed by atoms with Crippen molar-refractivity contribution in [3.63, 3.8) is 0 Å². The third kappa shape index (κ3) is 2.15. The molecule has 1 aromatic heterocycles. The zero-order chi connectivity index (χ0) is 10.9. The van der Waals surface area contributed by atoms with Gasteiger partial charge in [-0.15, -0.1) is 0 Å². The van der Waals surface area contributed by atoms with Crippen molar-refractivity contribution in [1.29, 1.82) is 0 Å². The Bertz CT molecular complexity index is 349. The highest BCUT2D eigenvalue weighted by atomic mass is 35.5. The molecule has 3 nitrogen and oxygen atoms in total. The summed E-state index contributed by atoms with van der Waals surface area (Å²) in [5.74, 6) is 0. The van der Waals surface area contributed by atoms with E-state index in [1.165, 1.54) is 0 Å². The molecular formula is C10H15ClN2O. The standard InChI is InChI=1S/C10H15ClN2O/c1-5-13-7(9(11)14)6-8(12-13)10(2,3)4/h6H,5H2,1-4H3. The first-order valence-electron chi connectivity index (χ1n) is 4.64. The molecule has 0 saturated carbocycles. The zero-order valence-electron chi connectivity index (χ0n) is 8.97. The van der Waals surface area contributed by atoms with Gasteiger partial charge < -0.3 is 0 Å². The summed E-state index contributed by atoms with van der Waals surface area (Å²) in [6.45, 7) is 8.75. The van der Waals surface area contributed by atoms with E-state index in [-0.39, 0.29) is 5.41 Å². The van der Waals surface area contributed by atoms with Gasteiger partial charge in [0, 0.05) is 12.0 Å². The van der Waals surface area contributed by atoms with Crippen LogP contribution in [0.15, 0.2) is 6.07 Å². The maximum absolute atomic E-state index is 11.1. The minimum Gasteiger partial charge on any atom is -0.274 e. The zero-order valence-corrected chi connectivity index (χ0v) is 9.72. The molecule has 1 rings (SSSR count). The summed E-state index contributed by atoms with van der Waals surface area (Å²) >= 11 is 5.45. The van der Waals surface area contributed by atoms with Gasteiger partial charge in [0.15, 0.2) is 0 Å². The lowest BCUT2D eigenvalue weighted by molar-refractivity contribution is 0.107. The topological polar surface area (TPSA) is 34.9 Å². The van der Waals surface area contributed by atoms with Gasteiger partial charge in [-0.25, -0.2) is 0 Å². The predicted octanol–water partition coefficient (Wildman–Crippen LogP) is 2.58. The van der Waals surface area contributed by atoms with Crippen molar-refractivity contribution in [3.05, 3.63) is 17.5 Å². The molecule has 14 heavy (non-hydrogen) atoms. The van der Waals surface area contributed by atoms with E-state index in [1.54, 1.807) is 10.7 Å². The summed E-state index contributed by atoms with van der Waals surface area (Å²) in [6.07, 6.45) is 0. The van der Waals surface area contributed by atoms with Crippen LogP contribution in [0.4, 0.5) is 0 Å². The number of nitrogens with zero attached hydrogens (tertiary/aromatic N) is 2. The van der Waals surface area contributed by atoms with E-state index in [9.17, 15) is 4.79 Å². The van der Waals surface area contributed by atoms with E-state index in [0.29, 0.717) is 12.2 Å². The smallest absolute Gasteiger partial charge is 0.270 e. The van der Waals surface area contributed by atoms with Crippen LogP contribution in [-0.4, -0.2) is 15.0 Å². The van der Waals surface area contributed by atoms with Crippen LogP contribution in [0.3, 0.4) is 0 Å². The van der Waals surface area contributed by atoms with Crippen molar-refractivity contribution < 1.29 is 4.79 Å². The molecular weight excluding hydrogens is 200 g/mol. The lowest BCUT2D eigenvalue weighted by atomic mass is 9.92. The van der Waals surface area contributed by atoms with Crippen molar-refractivity contribution in [2.45, 2.75) is 39.7 Å². The Kier molecular flexibility index (Phi) is 3.00. The van der Waals surface area contributed by atoms with Crippen molar-refractivity contribution in [1.82, 2.24) is 9.78 Å². The second-order valence-electron chi connectivity index (χ2n) is 4.25. The summed E-state index contributed by atoms with van der Waals surface area (Å²) in [6, 6.07) is 1.76. The molecule has 4 heteroatoms. The number of rotatable bonds is 2. The van der Waals surface area contributed by atoms with Crippen LogP contribution in [-0.2, 0) is 12.0 Å². The number of carbonyl (C=O) groups excluding carboxylic acids is 1. The predicted molar refractivity (Wildman–Crippen MR) is 56.8 cm³/mol. The van der Waals surface area contributed by atoms with Crippen LogP contribution >= 0.6 is 11.6 Å². The van der Waals surface area contributed by atoms with Crippen molar-refractivity contribution >= 4 is 16.8 Å². The van der Waals surface area contributed by atoms with Crippen LogP contribution in [0, 0.1) is 0 Å². The summed E-state index contributed by atoms with van der Waals surface area (Å²) in [7, 11) is 0. The molecule has 1 heterocycles. The molecule has 1 aromatic rings. The Morgan fingerprint density at radius 2 is 2.14 bits per heavy atom. The molecule has 0 N–H and O–H groups in total. The highest BCUT2D eigenvalue weighted by molar-refractivity contribution is 6.67. The van der Waals surface area contributed by atoms with Crippen molar-refractivity contribution in [2.75, 3.05) is 0 Å². The van der Waals surface area contributed by atoms with Crippen molar-refractivity contribution in [2.24, 2.45) is 0 Å². The van der Waals surface area contributed by atoms with E-state index >= 15 is 0 Å². The minimum absolute atomic E-state index is 0.0541. The first-order chi connectivity index (χ1) is 6.36. The molecule has 0 atom stereocenters. The average molecular weight is 215 g/mol. The summed E-state index contributed by atoms with van der Waals surface area (Å²) in [4.78, 5) is 11.1. The first-order valence-corrected chi connectivity index (χ1v) is 5.02. The van der Waals surface area contributed by atoms with Gasteiger partial charge in [0.05, 0.1) is 5.69 Å².